The molecule has 0 aliphatic carbocycles. The van der Waals surface area contributed by atoms with Crippen LogP contribution in [0.15, 0.2) is 0 Å². The van der Waals surface area contributed by atoms with Crippen molar-refractivity contribution in [1.82, 2.24) is 4.90 Å². The Morgan fingerprint density at radius 3 is 0.924 bits per heavy atom. The fourth-order valence-corrected chi connectivity index (χ4v) is 9.56. The summed E-state index contributed by atoms with van der Waals surface area (Å²) in [5, 5.41) is 9.16. The van der Waals surface area contributed by atoms with Crippen LogP contribution in [-0.4, -0.2) is 61.9 Å². The van der Waals surface area contributed by atoms with E-state index in [1.165, 1.54) is 316 Å². The molecule has 0 aliphatic heterocycles. The minimum absolute atomic E-state index is 0. The van der Waals surface area contributed by atoms with Gasteiger partial charge < -0.3 is 26.4 Å². The number of esters is 2. The molecule has 0 amide bonds. The number of hydrogen-bond donors (Lipinski definition) is 1. The van der Waals surface area contributed by atoms with E-state index < -0.39 is 0 Å². The van der Waals surface area contributed by atoms with Crippen LogP contribution in [0.2, 0.25) is 0 Å². The Hall–Kier alpha value is -0.0361. The zero-order chi connectivity index (χ0) is 59.6. The first-order valence-electron chi connectivity index (χ1n) is 35.2. The molecule has 1 N–H and O–H groups in total. The second-order valence-corrected chi connectivity index (χ2v) is 23.6. The standard InChI is InChI=1S/C21H42O2.C17H34O2.C13H28O.C11H23.C5H13N.C5H12.Y/c1-4-6-8-10-11-12-13-14-16-18-21(19-23-20(3)22)17-15-9-7-5-2;1-4-6-7-8-9-10-11-12-13-14-15-17(5-2)19-16(3)18;1-3-5-7-8-9-11-13(12-14)10-6-4-2;1-3-5-7-9-11-10-8-6-4-2;1-4-5-6(2)3;1-3-5-4-2;/h21H,4-19H2,1-3H3;17H,4-15H2,1-3H3;13-14H,3-12H2,1-2H3;1,3-11H2,2H3;4-5H2,1-3H3;3-5H2,1-2H3;/q;;;-1;;;. The minimum Gasteiger partial charge on any atom is -0.466 e. The zero-order valence-electron chi connectivity index (χ0n) is 57.3. The third kappa shape index (κ3) is 103. The topological polar surface area (TPSA) is 76.1 Å². The number of carbonyl (C=O) groups excluding carboxylic acids is 2. The quantitative estimate of drug-likeness (QED) is 0.0372. The number of nitrogens with zero attached hydrogens (tertiary/aromatic N) is 1. The molecule has 79 heavy (non-hydrogen) atoms. The summed E-state index contributed by atoms with van der Waals surface area (Å²) < 4.78 is 10.5. The molecule has 0 fully saturated rings. The smallest absolute Gasteiger partial charge is 0.302 e. The molecule has 0 aliphatic rings. The van der Waals surface area contributed by atoms with Gasteiger partial charge in [0.05, 0.1) is 6.61 Å². The molecule has 3 atom stereocenters. The summed E-state index contributed by atoms with van der Waals surface area (Å²) in [4.78, 5) is 24.1. The molecule has 3 unspecified atom stereocenters. The van der Waals surface area contributed by atoms with Crippen molar-refractivity contribution < 1.29 is 56.9 Å². The van der Waals surface area contributed by atoms with Crippen molar-refractivity contribution in [3.05, 3.63) is 6.92 Å². The van der Waals surface area contributed by atoms with Gasteiger partial charge in [-0.2, -0.15) is 6.42 Å². The van der Waals surface area contributed by atoms with E-state index in [2.05, 4.69) is 95.2 Å². The molecule has 1 radical (unpaired) electrons. The van der Waals surface area contributed by atoms with Crippen molar-refractivity contribution in [2.45, 2.75) is 404 Å². The van der Waals surface area contributed by atoms with Crippen molar-refractivity contribution >= 4 is 11.9 Å². The molecule has 0 bridgehead atoms. The summed E-state index contributed by atoms with van der Waals surface area (Å²) in [5.74, 6) is 0.895. The van der Waals surface area contributed by atoms with Crippen molar-refractivity contribution in [3.8, 4) is 0 Å². The first kappa shape index (κ1) is 92.7. The summed E-state index contributed by atoms with van der Waals surface area (Å²) in [6.45, 7) is 31.3. The van der Waals surface area contributed by atoms with Crippen molar-refractivity contribution in [2.75, 3.05) is 33.9 Å². The van der Waals surface area contributed by atoms with Gasteiger partial charge in [0, 0.05) is 53.2 Å². The van der Waals surface area contributed by atoms with Crippen LogP contribution in [0.5, 0.6) is 0 Å². The van der Waals surface area contributed by atoms with Crippen LogP contribution in [0.25, 0.3) is 0 Å². The van der Waals surface area contributed by atoms with Gasteiger partial charge in [0.15, 0.2) is 0 Å². The Labute approximate surface area is 526 Å². The van der Waals surface area contributed by atoms with E-state index in [9.17, 15) is 9.59 Å². The van der Waals surface area contributed by atoms with Gasteiger partial charge in [-0.05, 0) is 83.8 Å². The number of carbonyl (C=O) groups is 2. The van der Waals surface area contributed by atoms with Gasteiger partial charge in [0.1, 0.15) is 6.10 Å². The SMILES string of the molecule is CCCCC.CCCCCCCC(CO)CCCC.CCCCCCCCCCCC(CCCCCC)COC(C)=O.CCCCCCCCCCCCC(CC)OC(C)=O.CCCN(C)C.[CH2-]CCCCCCCCCC.[Y]. The summed E-state index contributed by atoms with van der Waals surface area (Å²) in [6, 6.07) is 0. The van der Waals surface area contributed by atoms with Crippen LogP contribution in [-0.2, 0) is 51.8 Å². The van der Waals surface area contributed by atoms with E-state index in [-0.39, 0.29) is 50.8 Å². The maximum Gasteiger partial charge on any atom is 0.302 e. The van der Waals surface area contributed by atoms with Crippen LogP contribution in [0.4, 0.5) is 0 Å². The number of ether oxygens (including phenoxy) is 2. The number of aliphatic hydroxyl groups excluding tert-OH is 1. The average molecular weight is 1200 g/mol. The van der Waals surface area contributed by atoms with Crippen LogP contribution in [0.1, 0.15) is 398 Å². The summed E-state index contributed by atoms with van der Waals surface area (Å²) in [5.41, 5.74) is 0. The molecule has 0 aromatic heterocycles. The summed E-state index contributed by atoms with van der Waals surface area (Å²) in [7, 11) is 4.17. The molecular formula is C72H152NO5Y-. The maximum atomic E-state index is 11.0. The van der Waals surface area contributed by atoms with E-state index in [1.54, 1.807) is 0 Å². The monoisotopic (exact) mass is 1200 g/mol. The Kier molecular flexibility index (Phi) is 105. The van der Waals surface area contributed by atoms with E-state index in [4.69, 9.17) is 14.6 Å². The Balaban J connectivity index is -0.000000167. The minimum atomic E-state index is -0.140. The molecular weight excluding hydrogens is 1050 g/mol. The average Bonchev–Trinajstić information content (AvgIpc) is 3.42. The first-order chi connectivity index (χ1) is 37.8. The number of unbranched alkanes of at least 4 members (excludes halogenated alkanes) is 35. The molecule has 6 nitrogen and oxygen atoms in total. The number of rotatable bonds is 52. The van der Waals surface area contributed by atoms with Gasteiger partial charge in [-0.25, -0.2) is 0 Å². The molecule has 0 aromatic carbocycles. The molecule has 0 saturated carbocycles. The fourth-order valence-electron chi connectivity index (χ4n) is 9.56. The van der Waals surface area contributed by atoms with Gasteiger partial charge in [-0.1, -0.05) is 326 Å². The Morgan fingerprint density at radius 1 is 0.380 bits per heavy atom. The largest absolute Gasteiger partial charge is 0.466 e. The van der Waals surface area contributed by atoms with E-state index >= 15 is 0 Å². The van der Waals surface area contributed by atoms with Gasteiger partial charge >= 0.3 is 11.9 Å². The second kappa shape index (κ2) is 89.2. The van der Waals surface area contributed by atoms with E-state index in [0.29, 0.717) is 25.0 Å². The normalized spacial score (nSPS) is 11.6. The second-order valence-electron chi connectivity index (χ2n) is 23.6. The van der Waals surface area contributed by atoms with Crippen LogP contribution < -0.4 is 0 Å². The van der Waals surface area contributed by atoms with Crippen molar-refractivity contribution in [1.29, 1.82) is 0 Å². The Bertz CT molecular complexity index is 1000. The number of aliphatic hydroxyl groups is 1. The number of hydrogen-bond acceptors (Lipinski definition) is 6. The zero-order valence-corrected chi connectivity index (χ0v) is 60.2. The summed E-state index contributed by atoms with van der Waals surface area (Å²) >= 11 is 0. The van der Waals surface area contributed by atoms with Gasteiger partial charge in [0.25, 0.3) is 0 Å². The third-order valence-corrected chi connectivity index (χ3v) is 14.8. The predicted octanol–water partition coefficient (Wildman–Crippen LogP) is 24.3. The van der Waals surface area contributed by atoms with Crippen molar-refractivity contribution in [3.63, 3.8) is 0 Å². The van der Waals surface area contributed by atoms with E-state index in [0.717, 1.165) is 19.3 Å². The molecule has 0 heterocycles. The van der Waals surface area contributed by atoms with Crippen molar-refractivity contribution in [2.24, 2.45) is 11.8 Å². The maximum absolute atomic E-state index is 11.0. The summed E-state index contributed by atoms with van der Waals surface area (Å²) in [6.07, 6.45) is 65.2. The van der Waals surface area contributed by atoms with Gasteiger partial charge in [-0.3, -0.25) is 9.59 Å². The Morgan fingerprint density at radius 2 is 0.671 bits per heavy atom. The molecule has 0 saturated heterocycles. The third-order valence-electron chi connectivity index (χ3n) is 14.8. The van der Waals surface area contributed by atoms with Gasteiger partial charge in [0.2, 0.25) is 0 Å². The molecule has 0 aromatic rings. The van der Waals surface area contributed by atoms with Crippen LogP contribution in [0, 0.1) is 18.8 Å². The van der Waals surface area contributed by atoms with E-state index in [1.807, 2.05) is 0 Å². The molecule has 0 spiro atoms. The van der Waals surface area contributed by atoms with Crippen LogP contribution in [0.3, 0.4) is 0 Å². The first-order valence-corrected chi connectivity index (χ1v) is 35.2. The molecule has 479 valence electrons. The van der Waals surface area contributed by atoms with Crippen LogP contribution >= 0.6 is 0 Å². The van der Waals surface area contributed by atoms with Gasteiger partial charge in [-0.15, -0.1) is 0 Å². The predicted molar refractivity (Wildman–Crippen MR) is 353 cm³/mol. The molecule has 0 rings (SSSR count). The fraction of sp³-hybridized carbons (Fsp3) is 0.958. The molecule has 7 heteroatoms.